The Labute approximate surface area is 89.5 Å². The molecule has 1 atom stereocenters. The van der Waals surface area contributed by atoms with Gasteiger partial charge in [0.15, 0.2) is 0 Å². The van der Waals surface area contributed by atoms with Crippen molar-refractivity contribution in [1.82, 2.24) is 9.88 Å². The zero-order valence-corrected chi connectivity index (χ0v) is 8.67. The van der Waals surface area contributed by atoms with Crippen molar-refractivity contribution in [2.24, 2.45) is 0 Å². The third kappa shape index (κ3) is 2.53. The van der Waals surface area contributed by atoms with Crippen LogP contribution < -0.4 is 0 Å². The summed E-state index contributed by atoms with van der Waals surface area (Å²) in [7, 11) is 0. The van der Waals surface area contributed by atoms with Crippen molar-refractivity contribution < 1.29 is 9.84 Å². The summed E-state index contributed by atoms with van der Waals surface area (Å²) in [4.78, 5) is 6.32. The predicted octanol–water partition coefficient (Wildman–Crippen LogP) is 0.447. The maximum Gasteiger partial charge on any atom is 0.0629 e. The number of rotatable bonds is 3. The molecule has 0 radical (unpaired) electrons. The Kier molecular flexibility index (Phi) is 3.66. The van der Waals surface area contributed by atoms with E-state index in [0.29, 0.717) is 0 Å². The number of morpholine rings is 1. The molecule has 0 aliphatic carbocycles. The van der Waals surface area contributed by atoms with Crippen LogP contribution >= 0.6 is 0 Å². The van der Waals surface area contributed by atoms with Crippen LogP contribution in [0.15, 0.2) is 24.5 Å². The molecule has 82 valence electrons. The number of nitrogens with zero attached hydrogens (tertiary/aromatic N) is 2. The summed E-state index contributed by atoms with van der Waals surface area (Å²) in [5.41, 5.74) is 1.07. The molecule has 1 aromatic heterocycles. The molecule has 0 aromatic carbocycles. The summed E-state index contributed by atoms with van der Waals surface area (Å²) in [5.74, 6) is 0. The van der Waals surface area contributed by atoms with Crippen molar-refractivity contribution in [2.45, 2.75) is 6.04 Å². The van der Waals surface area contributed by atoms with Gasteiger partial charge < -0.3 is 9.84 Å². The summed E-state index contributed by atoms with van der Waals surface area (Å²) in [6, 6.07) is 3.96. The number of aliphatic hydroxyl groups excluding tert-OH is 1. The first-order valence-corrected chi connectivity index (χ1v) is 5.24. The molecule has 4 heteroatoms. The van der Waals surface area contributed by atoms with Crippen molar-refractivity contribution >= 4 is 0 Å². The molecule has 4 nitrogen and oxygen atoms in total. The summed E-state index contributed by atoms with van der Waals surface area (Å²) in [5, 5.41) is 9.42. The standard InChI is InChI=1S/C11H16N2O2/c14-9-11(10-2-1-3-12-8-10)13-4-6-15-7-5-13/h1-3,8,11,14H,4-7,9H2. The van der Waals surface area contributed by atoms with Crippen molar-refractivity contribution in [3.8, 4) is 0 Å². The molecule has 1 aliphatic heterocycles. The quantitative estimate of drug-likeness (QED) is 0.783. The lowest BCUT2D eigenvalue weighted by Crippen LogP contribution is -2.40. The second-order valence-corrected chi connectivity index (χ2v) is 3.63. The van der Waals surface area contributed by atoms with Gasteiger partial charge in [0, 0.05) is 25.5 Å². The maximum absolute atomic E-state index is 9.42. The van der Waals surface area contributed by atoms with Crippen LogP contribution in [-0.4, -0.2) is 47.9 Å². The van der Waals surface area contributed by atoms with Crippen LogP contribution in [0.5, 0.6) is 0 Å². The molecule has 1 saturated heterocycles. The normalized spacial score (nSPS) is 20.1. The van der Waals surface area contributed by atoms with Gasteiger partial charge in [0.05, 0.1) is 25.9 Å². The van der Waals surface area contributed by atoms with Gasteiger partial charge in [-0.1, -0.05) is 6.07 Å². The van der Waals surface area contributed by atoms with E-state index in [1.807, 2.05) is 18.3 Å². The summed E-state index contributed by atoms with van der Waals surface area (Å²) in [6.45, 7) is 3.37. The molecule has 0 bridgehead atoms. The highest BCUT2D eigenvalue weighted by Gasteiger charge is 2.21. The monoisotopic (exact) mass is 208 g/mol. The van der Waals surface area contributed by atoms with Gasteiger partial charge >= 0.3 is 0 Å². The minimum absolute atomic E-state index is 0.0580. The predicted molar refractivity (Wildman–Crippen MR) is 56.5 cm³/mol. The van der Waals surface area contributed by atoms with Crippen LogP contribution in [0.2, 0.25) is 0 Å². The molecular formula is C11H16N2O2. The molecule has 1 N–H and O–H groups in total. The first-order valence-electron chi connectivity index (χ1n) is 5.24. The van der Waals surface area contributed by atoms with Crippen LogP contribution in [0.1, 0.15) is 11.6 Å². The van der Waals surface area contributed by atoms with E-state index in [0.717, 1.165) is 31.9 Å². The summed E-state index contributed by atoms with van der Waals surface area (Å²) < 4.78 is 5.29. The zero-order valence-electron chi connectivity index (χ0n) is 8.67. The Morgan fingerprint density at radius 1 is 1.47 bits per heavy atom. The smallest absolute Gasteiger partial charge is 0.0629 e. The molecule has 0 spiro atoms. The van der Waals surface area contributed by atoms with Gasteiger partial charge in [-0.3, -0.25) is 9.88 Å². The Bertz CT molecular complexity index is 286. The van der Waals surface area contributed by atoms with E-state index in [4.69, 9.17) is 4.74 Å². The lowest BCUT2D eigenvalue weighted by atomic mass is 10.1. The lowest BCUT2D eigenvalue weighted by molar-refractivity contribution is 0.00251. The van der Waals surface area contributed by atoms with Gasteiger partial charge in [-0.15, -0.1) is 0 Å². The van der Waals surface area contributed by atoms with Crippen molar-refractivity contribution in [3.05, 3.63) is 30.1 Å². The van der Waals surface area contributed by atoms with E-state index < -0.39 is 0 Å². The van der Waals surface area contributed by atoms with Gasteiger partial charge in [0.1, 0.15) is 0 Å². The fourth-order valence-corrected chi connectivity index (χ4v) is 1.89. The molecular weight excluding hydrogens is 192 g/mol. The summed E-state index contributed by atoms with van der Waals surface area (Å²) >= 11 is 0. The third-order valence-electron chi connectivity index (χ3n) is 2.73. The van der Waals surface area contributed by atoms with Crippen molar-refractivity contribution in [1.29, 1.82) is 0 Å². The Hall–Kier alpha value is -0.970. The fourth-order valence-electron chi connectivity index (χ4n) is 1.89. The largest absolute Gasteiger partial charge is 0.394 e. The lowest BCUT2D eigenvalue weighted by Gasteiger charge is -2.33. The molecule has 1 fully saturated rings. The summed E-state index contributed by atoms with van der Waals surface area (Å²) in [6.07, 6.45) is 3.56. The third-order valence-corrected chi connectivity index (χ3v) is 2.73. The average molecular weight is 208 g/mol. The van der Waals surface area contributed by atoms with Crippen LogP contribution in [-0.2, 0) is 4.74 Å². The van der Waals surface area contributed by atoms with E-state index >= 15 is 0 Å². The van der Waals surface area contributed by atoms with Crippen molar-refractivity contribution in [3.63, 3.8) is 0 Å². The highest BCUT2D eigenvalue weighted by molar-refractivity contribution is 5.14. The Morgan fingerprint density at radius 3 is 2.87 bits per heavy atom. The van der Waals surface area contributed by atoms with Crippen LogP contribution in [0, 0.1) is 0 Å². The van der Waals surface area contributed by atoms with Gasteiger partial charge in [0.25, 0.3) is 0 Å². The minimum Gasteiger partial charge on any atom is -0.394 e. The second kappa shape index (κ2) is 5.21. The van der Waals surface area contributed by atoms with E-state index in [2.05, 4.69) is 9.88 Å². The number of pyridine rings is 1. The van der Waals surface area contributed by atoms with Crippen LogP contribution in [0.3, 0.4) is 0 Å². The van der Waals surface area contributed by atoms with Gasteiger partial charge in [-0.05, 0) is 11.6 Å². The average Bonchev–Trinajstić information content (AvgIpc) is 2.33. The highest BCUT2D eigenvalue weighted by Crippen LogP contribution is 2.19. The number of hydrogen-bond acceptors (Lipinski definition) is 4. The first-order chi connectivity index (χ1) is 7.42. The molecule has 1 aromatic rings. The molecule has 0 saturated carbocycles. The van der Waals surface area contributed by atoms with Crippen LogP contribution in [0.25, 0.3) is 0 Å². The topological polar surface area (TPSA) is 45.6 Å². The zero-order chi connectivity index (χ0) is 10.5. The van der Waals surface area contributed by atoms with Gasteiger partial charge in [0.2, 0.25) is 0 Å². The number of ether oxygens (including phenoxy) is 1. The SMILES string of the molecule is OCC(c1cccnc1)N1CCOCC1. The Balaban J connectivity index is 2.09. The number of hydrogen-bond donors (Lipinski definition) is 1. The van der Waals surface area contributed by atoms with E-state index in [1.54, 1.807) is 6.20 Å². The first kappa shape index (κ1) is 10.5. The number of aliphatic hydroxyl groups is 1. The van der Waals surface area contributed by atoms with Gasteiger partial charge in [-0.2, -0.15) is 0 Å². The van der Waals surface area contributed by atoms with E-state index in [9.17, 15) is 5.11 Å². The fraction of sp³-hybridized carbons (Fsp3) is 0.545. The highest BCUT2D eigenvalue weighted by atomic mass is 16.5. The number of aromatic nitrogens is 1. The molecule has 2 rings (SSSR count). The van der Waals surface area contributed by atoms with Crippen LogP contribution in [0.4, 0.5) is 0 Å². The Morgan fingerprint density at radius 2 is 2.27 bits per heavy atom. The molecule has 15 heavy (non-hydrogen) atoms. The molecule has 2 heterocycles. The van der Waals surface area contributed by atoms with E-state index in [-0.39, 0.29) is 12.6 Å². The van der Waals surface area contributed by atoms with Gasteiger partial charge in [-0.25, -0.2) is 0 Å². The van der Waals surface area contributed by atoms with E-state index in [1.165, 1.54) is 0 Å². The molecule has 1 aliphatic rings. The molecule has 0 amide bonds. The van der Waals surface area contributed by atoms with Crippen molar-refractivity contribution in [2.75, 3.05) is 32.9 Å². The maximum atomic E-state index is 9.42. The second-order valence-electron chi connectivity index (χ2n) is 3.63. The minimum atomic E-state index is 0.0580. The molecule has 1 unspecified atom stereocenters.